The monoisotopic (exact) mass is 279 g/mol. The normalized spacial score (nSPS) is 17.8. The topological polar surface area (TPSA) is 53.7 Å². The zero-order valence-electron chi connectivity index (χ0n) is 12.7. The molecule has 1 aromatic rings. The number of benzene rings is 1. The van der Waals surface area contributed by atoms with E-state index in [0.717, 1.165) is 35.5 Å². The van der Waals surface area contributed by atoms with Crippen LogP contribution in [0.15, 0.2) is 12.1 Å². The molecule has 0 aliphatic heterocycles. The highest BCUT2D eigenvalue weighted by Crippen LogP contribution is 2.42. The summed E-state index contributed by atoms with van der Waals surface area (Å²) < 4.78 is 16.3. The molecule has 4 nitrogen and oxygen atoms in total. The lowest BCUT2D eigenvalue weighted by Gasteiger charge is -2.35. The van der Waals surface area contributed by atoms with Gasteiger partial charge in [0.05, 0.1) is 20.8 Å². The molecule has 1 aromatic carbocycles. The number of nitrogens with two attached hydrogens (primary N) is 1. The van der Waals surface area contributed by atoms with E-state index < -0.39 is 0 Å². The minimum absolute atomic E-state index is 0.303. The molecule has 0 heterocycles. The number of ether oxygens (including phenoxy) is 3. The van der Waals surface area contributed by atoms with E-state index in [9.17, 15) is 0 Å². The molecular formula is C16H25NO3. The zero-order chi connectivity index (χ0) is 14.6. The van der Waals surface area contributed by atoms with Gasteiger partial charge in [-0.2, -0.15) is 0 Å². The lowest BCUT2D eigenvalue weighted by atomic mass is 9.77. The molecule has 112 valence electrons. The Balaban J connectivity index is 2.45. The van der Waals surface area contributed by atoms with Crippen molar-refractivity contribution in [1.82, 2.24) is 0 Å². The van der Waals surface area contributed by atoms with E-state index in [1.807, 2.05) is 12.1 Å². The van der Waals surface area contributed by atoms with Crippen LogP contribution >= 0.6 is 0 Å². The minimum Gasteiger partial charge on any atom is -0.496 e. The highest BCUT2D eigenvalue weighted by molar-refractivity contribution is 5.49. The zero-order valence-corrected chi connectivity index (χ0v) is 12.7. The van der Waals surface area contributed by atoms with Crippen molar-refractivity contribution in [3.63, 3.8) is 0 Å². The van der Waals surface area contributed by atoms with E-state index in [1.54, 1.807) is 21.3 Å². The van der Waals surface area contributed by atoms with Crippen LogP contribution in [0.4, 0.5) is 0 Å². The van der Waals surface area contributed by atoms with Gasteiger partial charge in [0.25, 0.3) is 0 Å². The first-order chi connectivity index (χ1) is 9.64. The molecule has 0 atom stereocenters. The molecule has 0 spiro atoms. The van der Waals surface area contributed by atoms with Crippen molar-refractivity contribution in [3.8, 4) is 11.5 Å². The standard InChI is InChI=1S/C16H25NO3/c1-18-11-12-9-15(20-3)13(10-14(12)19-2)16(17)7-5-4-6-8-16/h9-10H,4-8,11,17H2,1-3H3. The van der Waals surface area contributed by atoms with E-state index in [1.165, 1.54) is 19.3 Å². The third kappa shape index (κ3) is 2.91. The average Bonchev–Trinajstić information content (AvgIpc) is 2.47. The molecule has 1 saturated carbocycles. The van der Waals surface area contributed by atoms with Gasteiger partial charge >= 0.3 is 0 Å². The fraction of sp³-hybridized carbons (Fsp3) is 0.625. The van der Waals surface area contributed by atoms with Crippen molar-refractivity contribution in [3.05, 3.63) is 23.3 Å². The quantitative estimate of drug-likeness (QED) is 0.900. The molecule has 2 N–H and O–H groups in total. The van der Waals surface area contributed by atoms with Crippen LogP contribution in [0.1, 0.15) is 43.2 Å². The third-order valence-corrected chi connectivity index (χ3v) is 4.18. The maximum atomic E-state index is 6.64. The summed E-state index contributed by atoms with van der Waals surface area (Å²) in [5.41, 5.74) is 8.37. The first kappa shape index (κ1) is 15.1. The van der Waals surface area contributed by atoms with Crippen LogP contribution in [-0.4, -0.2) is 21.3 Å². The number of rotatable bonds is 5. The van der Waals surface area contributed by atoms with Gasteiger partial charge < -0.3 is 19.9 Å². The van der Waals surface area contributed by atoms with Gasteiger partial charge in [0.1, 0.15) is 11.5 Å². The van der Waals surface area contributed by atoms with Crippen LogP contribution in [0.2, 0.25) is 0 Å². The van der Waals surface area contributed by atoms with E-state index in [4.69, 9.17) is 19.9 Å². The second-order valence-corrected chi connectivity index (χ2v) is 5.51. The Hall–Kier alpha value is -1.26. The van der Waals surface area contributed by atoms with Crippen molar-refractivity contribution in [2.75, 3.05) is 21.3 Å². The summed E-state index contributed by atoms with van der Waals surface area (Å²) in [5.74, 6) is 1.65. The van der Waals surface area contributed by atoms with Crippen molar-refractivity contribution >= 4 is 0 Å². The number of hydrogen-bond donors (Lipinski definition) is 1. The number of methoxy groups -OCH3 is 3. The van der Waals surface area contributed by atoms with Crippen LogP contribution in [-0.2, 0) is 16.9 Å². The van der Waals surface area contributed by atoms with Gasteiger partial charge in [-0.1, -0.05) is 19.3 Å². The van der Waals surface area contributed by atoms with Gasteiger partial charge in [-0.15, -0.1) is 0 Å². The Morgan fingerprint density at radius 2 is 1.65 bits per heavy atom. The number of hydrogen-bond acceptors (Lipinski definition) is 4. The van der Waals surface area contributed by atoms with Crippen molar-refractivity contribution in [1.29, 1.82) is 0 Å². The van der Waals surface area contributed by atoms with E-state index in [-0.39, 0.29) is 5.54 Å². The molecule has 0 amide bonds. The molecule has 0 saturated heterocycles. The van der Waals surface area contributed by atoms with Crippen molar-refractivity contribution in [2.45, 2.75) is 44.2 Å². The van der Waals surface area contributed by atoms with E-state index in [0.29, 0.717) is 6.61 Å². The summed E-state index contributed by atoms with van der Waals surface area (Å²) in [5, 5.41) is 0. The van der Waals surface area contributed by atoms with Crippen molar-refractivity contribution in [2.24, 2.45) is 5.73 Å². The van der Waals surface area contributed by atoms with Crippen LogP contribution in [0.25, 0.3) is 0 Å². The van der Waals surface area contributed by atoms with Crippen LogP contribution in [0.3, 0.4) is 0 Å². The molecule has 0 radical (unpaired) electrons. The van der Waals surface area contributed by atoms with E-state index in [2.05, 4.69) is 0 Å². The SMILES string of the molecule is COCc1cc(OC)c(C2(N)CCCCC2)cc1OC. The Morgan fingerprint density at radius 3 is 2.20 bits per heavy atom. The summed E-state index contributed by atoms with van der Waals surface area (Å²) in [6.07, 6.45) is 5.59. The summed E-state index contributed by atoms with van der Waals surface area (Å²) in [6, 6.07) is 4.01. The van der Waals surface area contributed by atoms with Gasteiger partial charge in [-0.25, -0.2) is 0 Å². The summed E-state index contributed by atoms with van der Waals surface area (Å²) >= 11 is 0. The predicted molar refractivity (Wildman–Crippen MR) is 79.2 cm³/mol. The fourth-order valence-corrected chi connectivity index (χ4v) is 3.07. The smallest absolute Gasteiger partial charge is 0.124 e. The summed E-state index contributed by atoms with van der Waals surface area (Å²) in [6.45, 7) is 0.497. The Morgan fingerprint density at radius 1 is 1.00 bits per heavy atom. The molecule has 1 aliphatic carbocycles. The van der Waals surface area contributed by atoms with Gasteiger partial charge in [-0.3, -0.25) is 0 Å². The lowest BCUT2D eigenvalue weighted by Crippen LogP contribution is -2.39. The van der Waals surface area contributed by atoms with Gasteiger partial charge in [-0.05, 0) is 25.0 Å². The maximum absolute atomic E-state index is 6.64. The Labute approximate surface area is 121 Å². The molecule has 0 unspecified atom stereocenters. The first-order valence-corrected chi connectivity index (χ1v) is 7.18. The maximum Gasteiger partial charge on any atom is 0.124 e. The molecule has 1 aliphatic rings. The Kier molecular flexibility index (Phi) is 4.89. The first-order valence-electron chi connectivity index (χ1n) is 7.18. The molecular weight excluding hydrogens is 254 g/mol. The molecule has 20 heavy (non-hydrogen) atoms. The lowest BCUT2D eigenvalue weighted by molar-refractivity contribution is 0.181. The molecule has 2 rings (SSSR count). The van der Waals surface area contributed by atoms with E-state index >= 15 is 0 Å². The second-order valence-electron chi connectivity index (χ2n) is 5.51. The van der Waals surface area contributed by atoms with Crippen LogP contribution in [0.5, 0.6) is 11.5 Å². The van der Waals surface area contributed by atoms with Gasteiger partial charge in [0, 0.05) is 23.8 Å². The predicted octanol–water partition coefficient (Wildman–Crippen LogP) is 2.97. The van der Waals surface area contributed by atoms with Gasteiger partial charge in [0.2, 0.25) is 0 Å². The molecule has 1 fully saturated rings. The highest BCUT2D eigenvalue weighted by atomic mass is 16.5. The van der Waals surface area contributed by atoms with Gasteiger partial charge in [0.15, 0.2) is 0 Å². The average molecular weight is 279 g/mol. The molecule has 4 heteroatoms. The van der Waals surface area contributed by atoms with Crippen LogP contribution < -0.4 is 15.2 Å². The second kappa shape index (κ2) is 6.46. The minimum atomic E-state index is -0.303. The molecule has 0 bridgehead atoms. The third-order valence-electron chi connectivity index (χ3n) is 4.18. The van der Waals surface area contributed by atoms with Crippen LogP contribution in [0, 0.1) is 0 Å². The largest absolute Gasteiger partial charge is 0.496 e. The Bertz CT molecular complexity index is 453. The summed E-state index contributed by atoms with van der Waals surface area (Å²) in [4.78, 5) is 0. The highest BCUT2D eigenvalue weighted by Gasteiger charge is 2.33. The summed E-state index contributed by atoms with van der Waals surface area (Å²) in [7, 11) is 5.04. The van der Waals surface area contributed by atoms with Crippen molar-refractivity contribution < 1.29 is 14.2 Å². The molecule has 0 aromatic heterocycles. The fourth-order valence-electron chi connectivity index (χ4n) is 3.07.